The van der Waals surface area contributed by atoms with Gasteiger partial charge in [-0.3, -0.25) is 0 Å². The van der Waals surface area contributed by atoms with Crippen LogP contribution in [0, 0.1) is 12.8 Å². The standard InChI is InChI=1S/C32H34N4O3S/c1-19-5-3-6-21(13-19)22-10-12-33-28(17-22)36-29-15-20(2)14-26(35-29)27-18-34-31(40-27)32(39)11-4-7-23-16-24(30(37)38)8-9-25(23)32/h8-10,12,14-19,21,39H,3-7,11,13H2,1-2H3,(H,37,38)(H,33,35,36)/t19-,21?,32+/m0/s1. The molecule has 4 aromatic rings. The number of carboxylic acids is 1. The summed E-state index contributed by atoms with van der Waals surface area (Å²) in [5, 5.41) is 25.2. The number of aromatic carboxylic acids is 1. The summed E-state index contributed by atoms with van der Waals surface area (Å²) < 4.78 is 0. The Kier molecular flexibility index (Phi) is 7.15. The highest BCUT2D eigenvalue weighted by atomic mass is 32.1. The van der Waals surface area contributed by atoms with E-state index in [-0.39, 0.29) is 5.56 Å². The SMILES string of the molecule is Cc1cc(Nc2cc(C3CCC[C@H](C)C3)ccn2)nc(-c2cnc([C@@]3(O)CCCc4cc(C(=O)O)ccc43)s2)c1. The van der Waals surface area contributed by atoms with Gasteiger partial charge in [0.1, 0.15) is 22.2 Å². The average Bonchev–Trinajstić information content (AvgIpc) is 3.44. The highest BCUT2D eigenvalue weighted by Gasteiger charge is 2.39. The maximum absolute atomic E-state index is 11.8. The number of hydrogen-bond donors (Lipinski definition) is 3. The van der Waals surface area contributed by atoms with Gasteiger partial charge in [0.15, 0.2) is 0 Å². The Bertz CT molecular complexity index is 1570. The minimum atomic E-state index is -1.25. The van der Waals surface area contributed by atoms with Gasteiger partial charge in [-0.05, 0) is 110 Å². The minimum absolute atomic E-state index is 0.236. The molecule has 3 heterocycles. The zero-order chi connectivity index (χ0) is 27.9. The third-order valence-corrected chi connectivity index (χ3v) is 9.48. The number of rotatable bonds is 6. The maximum atomic E-state index is 11.8. The van der Waals surface area contributed by atoms with Crippen LogP contribution in [0.5, 0.6) is 0 Å². The molecule has 1 unspecified atom stereocenters. The van der Waals surface area contributed by atoms with Gasteiger partial charge in [0, 0.05) is 12.4 Å². The second-order valence-electron chi connectivity index (χ2n) is 11.4. The summed E-state index contributed by atoms with van der Waals surface area (Å²) in [6, 6.07) is 13.3. The number of pyridine rings is 2. The molecular weight excluding hydrogens is 520 g/mol. The molecule has 0 amide bonds. The van der Waals surface area contributed by atoms with E-state index in [1.807, 2.05) is 25.3 Å². The van der Waals surface area contributed by atoms with E-state index in [1.54, 1.807) is 24.4 Å². The third-order valence-electron chi connectivity index (χ3n) is 8.31. The maximum Gasteiger partial charge on any atom is 0.335 e. The van der Waals surface area contributed by atoms with Crippen LogP contribution < -0.4 is 5.32 Å². The zero-order valence-corrected chi connectivity index (χ0v) is 23.7. The first-order chi connectivity index (χ1) is 19.3. The number of thiazole rings is 1. The normalized spacial score (nSPS) is 22.5. The van der Waals surface area contributed by atoms with Crippen LogP contribution in [0.3, 0.4) is 0 Å². The van der Waals surface area contributed by atoms with Crippen molar-refractivity contribution in [1.82, 2.24) is 15.0 Å². The molecule has 3 atom stereocenters. The second-order valence-corrected chi connectivity index (χ2v) is 12.4. The van der Waals surface area contributed by atoms with E-state index >= 15 is 0 Å². The largest absolute Gasteiger partial charge is 0.478 e. The summed E-state index contributed by atoms with van der Waals surface area (Å²) >= 11 is 1.43. The van der Waals surface area contributed by atoms with Gasteiger partial charge in [0.05, 0.1) is 16.1 Å². The van der Waals surface area contributed by atoms with Crippen LogP contribution in [0.4, 0.5) is 11.6 Å². The zero-order valence-electron chi connectivity index (χ0n) is 22.9. The smallest absolute Gasteiger partial charge is 0.335 e. The van der Waals surface area contributed by atoms with E-state index < -0.39 is 11.6 Å². The molecule has 6 rings (SSSR count). The Labute approximate surface area is 238 Å². The fraction of sp³-hybridized carbons (Fsp3) is 0.375. The van der Waals surface area contributed by atoms with Crippen LogP contribution in [0.1, 0.15) is 89.0 Å². The van der Waals surface area contributed by atoms with Gasteiger partial charge < -0.3 is 15.5 Å². The highest BCUT2D eigenvalue weighted by Crippen LogP contribution is 2.44. The Morgan fingerprint density at radius 2 is 1.95 bits per heavy atom. The fourth-order valence-electron chi connectivity index (χ4n) is 6.31. The molecule has 3 N–H and O–H groups in total. The molecule has 0 bridgehead atoms. The number of aryl methyl sites for hydroxylation is 2. The van der Waals surface area contributed by atoms with Gasteiger partial charge in [0.2, 0.25) is 0 Å². The average molecular weight is 555 g/mol. The lowest BCUT2D eigenvalue weighted by molar-refractivity contribution is 0.0607. The predicted molar refractivity (Wildman–Crippen MR) is 157 cm³/mol. The third kappa shape index (κ3) is 5.25. The molecule has 0 saturated heterocycles. The number of benzene rings is 1. The van der Waals surface area contributed by atoms with E-state index in [2.05, 4.69) is 34.3 Å². The number of anilines is 2. The van der Waals surface area contributed by atoms with E-state index in [0.29, 0.717) is 17.3 Å². The van der Waals surface area contributed by atoms with Crippen molar-refractivity contribution in [3.05, 3.63) is 87.7 Å². The molecule has 40 heavy (non-hydrogen) atoms. The number of hydrogen-bond acceptors (Lipinski definition) is 7. The van der Waals surface area contributed by atoms with Gasteiger partial charge in [-0.25, -0.2) is 19.7 Å². The van der Waals surface area contributed by atoms with Crippen molar-refractivity contribution in [2.75, 3.05) is 5.32 Å². The lowest BCUT2D eigenvalue weighted by Crippen LogP contribution is -2.32. The monoisotopic (exact) mass is 554 g/mol. The van der Waals surface area contributed by atoms with Crippen LogP contribution in [0.25, 0.3) is 10.6 Å². The molecule has 0 spiro atoms. The molecule has 1 saturated carbocycles. The van der Waals surface area contributed by atoms with E-state index in [1.165, 1.54) is 42.6 Å². The van der Waals surface area contributed by atoms with Gasteiger partial charge in [0.25, 0.3) is 0 Å². The number of carboxylic acid groups (broad SMARTS) is 1. The molecule has 2 aliphatic rings. The summed E-state index contributed by atoms with van der Waals surface area (Å²) in [7, 11) is 0. The van der Waals surface area contributed by atoms with Crippen molar-refractivity contribution in [2.24, 2.45) is 5.92 Å². The van der Waals surface area contributed by atoms with E-state index in [0.717, 1.165) is 57.7 Å². The number of nitrogens with zero attached hydrogens (tertiary/aromatic N) is 3. The number of carbonyl (C=O) groups is 1. The molecule has 7 nitrogen and oxygen atoms in total. The second kappa shape index (κ2) is 10.7. The summed E-state index contributed by atoms with van der Waals surface area (Å²) in [5.41, 5.74) is 3.76. The van der Waals surface area contributed by atoms with E-state index in [9.17, 15) is 15.0 Å². The molecular formula is C32H34N4O3S. The Hall–Kier alpha value is -3.62. The lowest BCUT2D eigenvalue weighted by Gasteiger charge is -2.33. The van der Waals surface area contributed by atoms with Crippen molar-refractivity contribution in [2.45, 2.75) is 70.3 Å². The molecule has 2 aliphatic carbocycles. The molecule has 206 valence electrons. The lowest BCUT2D eigenvalue weighted by atomic mass is 9.79. The number of fused-ring (bicyclic) bond motifs is 1. The van der Waals surface area contributed by atoms with E-state index in [4.69, 9.17) is 4.98 Å². The minimum Gasteiger partial charge on any atom is -0.478 e. The summed E-state index contributed by atoms with van der Waals surface area (Å²) in [4.78, 5) is 26.4. The van der Waals surface area contributed by atoms with Crippen molar-refractivity contribution in [3.8, 4) is 10.6 Å². The molecule has 0 aliphatic heterocycles. The summed E-state index contributed by atoms with van der Waals surface area (Å²) in [5.74, 6) is 1.88. The molecule has 8 heteroatoms. The molecule has 1 aromatic carbocycles. The van der Waals surface area contributed by atoms with Crippen LogP contribution in [-0.4, -0.2) is 31.1 Å². The number of aromatic nitrogens is 3. The first-order valence-electron chi connectivity index (χ1n) is 14.1. The Balaban J connectivity index is 1.26. The molecule has 3 aromatic heterocycles. The van der Waals surface area contributed by atoms with Gasteiger partial charge in [-0.2, -0.15) is 0 Å². The Morgan fingerprint density at radius 3 is 2.77 bits per heavy atom. The van der Waals surface area contributed by atoms with Crippen molar-refractivity contribution in [3.63, 3.8) is 0 Å². The summed E-state index contributed by atoms with van der Waals surface area (Å²) in [6.45, 7) is 4.38. The number of nitrogens with one attached hydrogen (secondary N) is 1. The Morgan fingerprint density at radius 1 is 1.07 bits per heavy atom. The first-order valence-corrected chi connectivity index (χ1v) is 14.9. The molecule has 1 fully saturated rings. The van der Waals surface area contributed by atoms with Gasteiger partial charge in [-0.1, -0.05) is 25.8 Å². The summed E-state index contributed by atoms with van der Waals surface area (Å²) in [6.07, 6.45) is 10.7. The quantitative estimate of drug-likeness (QED) is 0.231. The van der Waals surface area contributed by atoms with Crippen LogP contribution in [0.15, 0.2) is 54.9 Å². The van der Waals surface area contributed by atoms with Crippen LogP contribution in [0.2, 0.25) is 0 Å². The fourth-order valence-corrected chi connectivity index (χ4v) is 7.32. The van der Waals surface area contributed by atoms with Gasteiger partial charge >= 0.3 is 5.97 Å². The molecule has 0 radical (unpaired) electrons. The van der Waals surface area contributed by atoms with Crippen molar-refractivity contribution < 1.29 is 15.0 Å². The predicted octanol–water partition coefficient (Wildman–Crippen LogP) is 7.22. The van der Waals surface area contributed by atoms with Crippen LogP contribution >= 0.6 is 11.3 Å². The van der Waals surface area contributed by atoms with Gasteiger partial charge in [-0.15, -0.1) is 11.3 Å². The highest BCUT2D eigenvalue weighted by molar-refractivity contribution is 7.15. The van der Waals surface area contributed by atoms with Crippen LogP contribution in [-0.2, 0) is 12.0 Å². The van der Waals surface area contributed by atoms with Crippen molar-refractivity contribution >= 4 is 28.9 Å². The van der Waals surface area contributed by atoms with Crippen molar-refractivity contribution in [1.29, 1.82) is 0 Å². The first kappa shape index (κ1) is 26.6. The number of aliphatic hydroxyl groups is 1. The topological polar surface area (TPSA) is 108 Å².